The van der Waals surface area contributed by atoms with Gasteiger partial charge in [-0.15, -0.1) is 0 Å². The van der Waals surface area contributed by atoms with E-state index < -0.39 is 52.0 Å². The Morgan fingerprint density at radius 3 is 1.52 bits per heavy atom. The fourth-order valence-electron chi connectivity index (χ4n) is 2.81. The number of benzene rings is 1. The van der Waals surface area contributed by atoms with Crippen LogP contribution in [-0.4, -0.2) is 59.2 Å². The van der Waals surface area contributed by atoms with Gasteiger partial charge in [-0.05, 0) is 84.4 Å². The van der Waals surface area contributed by atoms with Crippen molar-refractivity contribution < 1.29 is 35.8 Å². The molecule has 0 spiro atoms. The standard InChI is InChI=1S/C15H36O6Si4.C13H14O2/c1-14(2)15(16)17-12-13-18-25(19-22(3,4)5,20-23(6,7)8)21-24(9,10)11;1-4-12(15-13(14)10(2)3)11-8-6-5-7-9-11/h1,12-13H2,2-11H3;4-9,12H,1-2H2,3H3. The minimum absolute atomic E-state index is 0.111. The highest BCUT2D eigenvalue weighted by atomic mass is 28.5. The molecule has 0 bridgehead atoms. The molecule has 8 nitrogen and oxygen atoms in total. The molecule has 0 radical (unpaired) electrons. The van der Waals surface area contributed by atoms with E-state index in [4.69, 9.17) is 26.2 Å². The van der Waals surface area contributed by atoms with E-state index in [2.05, 4.69) is 78.7 Å². The second kappa shape index (κ2) is 16.5. The normalized spacial score (nSPS) is 12.9. The molecule has 0 saturated carbocycles. The van der Waals surface area contributed by atoms with Crippen molar-refractivity contribution in [1.82, 2.24) is 0 Å². The van der Waals surface area contributed by atoms with Crippen molar-refractivity contribution in [3.8, 4) is 0 Å². The van der Waals surface area contributed by atoms with E-state index in [1.54, 1.807) is 19.9 Å². The lowest BCUT2D eigenvalue weighted by Crippen LogP contribution is -2.62. The molecule has 0 saturated heterocycles. The molecule has 0 aliphatic carbocycles. The molecule has 1 unspecified atom stereocenters. The molecule has 1 rings (SSSR count). The Labute approximate surface area is 246 Å². The minimum Gasteiger partial charge on any atom is -0.460 e. The fraction of sp³-hybridized carbons (Fsp3) is 0.500. The van der Waals surface area contributed by atoms with E-state index in [0.29, 0.717) is 11.1 Å². The molecule has 40 heavy (non-hydrogen) atoms. The lowest BCUT2D eigenvalue weighted by molar-refractivity contribution is -0.142. The van der Waals surface area contributed by atoms with Gasteiger partial charge in [0.2, 0.25) is 0 Å². The Morgan fingerprint density at radius 1 is 0.750 bits per heavy atom. The van der Waals surface area contributed by atoms with Gasteiger partial charge < -0.3 is 26.2 Å². The van der Waals surface area contributed by atoms with Crippen molar-refractivity contribution >= 4 is 45.9 Å². The first-order valence-electron chi connectivity index (χ1n) is 13.2. The van der Waals surface area contributed by atoms with Crippen LogP contribution in [0.1, 0.15) is 25.5 Å². The minimum atomic E-state index is -3.33. The van der Waals surface area contributed by atoms with Crippen LogP contribution in [0, 0.1) is 0 Å². The first-order chi connectivity index (χ1) is 18.1. The number of hydrogen-bond donors (Lipinski definition) is 0. The third-order valence-corrected chi connectivity index (χ3v) is 15.1. The first-order valence-corrected chi connectivity index (χ1v) is 25.1. The van der Waals surface area contributed by atoms with Crippen LogP contribution in [-0.2, 0) is 35.8 Å². The van der Waals surface area contributed by atoms with Crippen molar-refractivity contribution in [3.63, 3.8) is 0 Å². The maximum absolute atomic E-state index is 11.5. The van der Waals surface area contributed by atoms with E-state index in [1.807, 2.05) is 30.3 Å². The Hall–Kier alpha value is -1.91. The topological polar surface area (TPSA) is 89.5 Å². The smallest absolute Gasteiger partial charge is 0.460 e. The van der Waals surface area contributed by atoms with Gasteiger partial charge in [0.25, 0.3) is 0 Å². The number of hydrogen-bond acceptors (Lipinski definition) is 8. The lowest BCUT2D eigenvalue weighted by atomic mass is 10.1. The zero-order valence-corrected chi connectivity index (χ0v) is 30.3. The average molecular weight is 627 g/mol. The van der Waals surface area contributed by atoms with Gasteiger partial charge >= 0.3 is 21.0 Å². The van der Waals surface area contributed by atoms with Crippen molar-refractivity contribution in [3.05, 3.63) is 72.9 Å². The third-order valence-electron chi connectivity index (χ3n) is 4.16. The molecule has 226 valence electrons. The second-order valence-electron chi connectivity index (χ2n) is 12.2. The summed E-state index contributed by atoms with van der Waals surface area (Å²) in [7, 11) is -9.28. The molecule has 0 fully saturated rings. The van der Waals surface area contributed by atoms with E-state index in [0.717, 1.165) is 5.56 Å². The van der Waals surface area contributed by atoms with E-state index in [1.165, 1.54) is 0 Å². The van der Waals surface area contributed by atoms with Gasteiger partial charge in [-0.25, -0.2) is 9.59 Å². The van der Waals surface area contributed by atoms with Gasteiger partial charge in [-0.2, -0.15) is 0 Å². The molecule has 0 aliphatic rings. The number of ether oxygens (including phenoxy) is 2. The highest BCUT2D eigenvalue weighted by Crippen LogP contribution is 2.26. The summed E-state index contributed by atoms with van der Waals surface area (Å²) in [6.45, 7) is 33.0. The molecule has 0 aliphatic heterocycles. The van der Waals surface area contributed by atoms with Gasteiger partial charge in [-0.3, -0.25) is 0 Å². The number of esters is 2. The summed E-state index contributed by atoms with van der Waals surface area (Å²) in [5.74, 6) is -0.831. The van der Waals surface area contributed by atoms with Crippen LogP contribution < -0.4 is 0 Å². The van der Waals surface area contributed by atoms with E-state index in [9.17, 15) is 9.59 Å². The maximum atomic E-state index is 11.5. The van der Waals surface area contributed by atoms with Crippen LogP contribution in [0.2, 0.25) is 58.9 Å². The van der Waals surface area contributed by atoms with Crippen LogP contribution in [0.4, 0.5) is 0 Å². The molecule has 0 aromatic heterocycles. The zero-order valence-electron chi connectivity index (χ0n) is 26.3. The van der Waals surface area contributed by atoms with Crippen molar-refractivity contribution in [2.45, 2.75) is 78.9 Å². The highest BCUT2D eigenvalue weighted by molar-refractivity contribution is 6.87. The van der Waals surface area contributed by atoms with Gasteiger partial charge in [0, 0.05) is 11.1 Å². The molecule has 0 amide bonds. The predicted molar refractivity (Wildman–Crippen MR) is 171 cm³/mol. The molecular weight excluding hydrogens is 577 g/mol. The van der Waals surface area contributed by atoms with Crippen molar-refractivity contribution in [2.75, 3.05) is 13.2 Å². The third kappa shape index (κ3) is 17.7. The Balaban J connectivity index is 0.000000858. The molecule has 0 heterocycles. The monoisotopic (exact) mass is 626 g/mol. The summed E-state index contributed by atoms with van der Waals surface area (Å²) in [5.41, 5.74) is 1.65. The van der Waals surface area contributed by atoms with E-state index >= 15 is 0 Å². The first kappa shape index (κ1) is 38.1. The molecule has 12 heteroatoms. The Morgan fingerprint density at radius 2 is 1.18 bits per heavy atom. The Bertz CT molecular complexity index is 951. The number of rotatable bonds is 15. The summed E-state index contributed by atoms with van der Waals surface area (Å²) < 4.78 is 35.4. The van der Waals surface area contributed by atoms with Gasteiger partial charge in [-0.1, -0.05) is 50.1 Å². The van der Waals surface area contributed by atoms with Gasteiger partial charge in [0.15, 0.2) is 25.0 Å². The van der Waals surface area contributed by atoms with Gasteiger partial charge in [0.05, 0.1) is 6.61 Å². The molecule has 0 N–H and O–H groups in total. The van der Waals surface area contributed by atoms with Crippen LogP contribution in [0.3, 0.4) is 0 Å². The zero-order chi connectivity index (χ0) is 31.4. The highest BCUT2D eigenvalue weighted by Gasteiger charge is 2.53. The summed E-state index contributed by atoms with van der Waals surface area (Å²) >= 11 is 0. The summed E-state index contributed by atoms with van der Waals surface area (Å²) in [5, 5.41) is 0. The van der Waals surface area contributed by atoms with Crippen LogP contribution in [0.25, 0.3) is 0 Å². The molecular formula is C28H50O8Si4. The maximum Gasteiger partial charge on any atom is 0.647 e. The average Bonchev–Trinajstić information content (AvgIpc) is 2.77. The lowest BCUT2D eigenvalue weighted by Gasteiger charge is -2.40. The molecule has 1 atom stereocenters. The number of carbonyl (C=O) groups is 2. The second-order valence-corrected chi connectivity index (χ2v) is 28.6. The van der Waals surface area contributed by atoms with Crippen molar-refractivity contribution in [2.24, 2.45) is 0 Å². The number of carbonyl (C=O) groups excluding carboxylic acids is 2. The summed E-state index contributed by atoms with van der Waals surface area (Å²) in [6.07, 6.45) is 1.19. The summed E-state index contributed by atoms with van der Waals surface area (Å²) in [6, 6.07) is 9.46. The fourth-order valence-corrected chi connectivity index (χ4v) is 14.5. The van der Waals surface area contributed by atoms with Crippen LogP contribution in [0.5, 0.6) is 0 Å². The molecule has 1 aromatic carbocycles. The van der Waals surface area contributed by atoms with E-state index in [-0.39, 0.29) is 13.2 Å². The molecule has 1 aromatic rings. The largest absolute Gasteiger partial charge is 0.647 e. The Kier molecular flexibility index (Phi) is 15.7. The predicted octanol–water partition coefficient (Wildman–Crippen LogP) is 7.15. The van der Waals surface area contributed by atoms with Gasteiger partial charge in [0.1, 0.15) is 12.7 Å². The van der Waals surface area contributed by atoms with Crippen LogP contribution >= 0.6 is 0 Å². The van der Waals surface area contributed by atoms with Crippen molar-refractivity contribution in [1.29, 1.82) is 0 Å². The summed E-state index contributed by atoms with van der Waals surface area (Å²) in [4.78, 5) is 22.8. The SMILES string of the molecule is C=C(C)C(=O)OCCO[Si](O[Si](C)(C)C)(O[Si](C)(C)C)O[Si](C)(C)C.C=CC(OC(=O)C(=C)C)c1ccccc1. The quantitative estimate of drug-likeness (QED) is 0.0667. The van der Waals surface area contributed by atoms with Crippen LogP contribution in [0.15, 0.2) is 67.3 Å².